The first-order valence-electron chi connectivity index (χ1n) is 4.39. The number of carbonyl (C=O) groups is 2. The van der Waals surface area contributed by atoms with E-state index in [2.05, 4.69) is 4.74 Å². The predicted molar refractivity (Wildman–Crippen MR) is 52.2 cm³/mol. The van der Waals surface area contributed by atoms with E-state index in [0.29, 0.717) is 23.0 Å². The van der Waals surface area contributed by atoms with Crippen molar-refractivity contribution in [3.05, 3.63) is 34.6 Å². The molecule has 1 aromatic carbocycles. The average Bonchev–Trinajstić information content (AvgIpc) is 2.22. The van der Waals surface area contributed by atoms with Gasteiger partial charge in [-0.25, -0.2) is 4.39 Å². The van der Waals surface area contributed by atoms with Crippen molar-refractivity contribution in [1.82, 2.24) is 0 Å². The highest BCUT2D eigenvalue weighted by molar-refractivity contribution is 5.82. The smallest absolute Gasteiger partial charge is 0.310 e. The van der Waals surface area contributed by atoms with Gasteiger partial charge < -0.3 is 4.74 Å². The molecule has 0 unspecified atom stereocenters. The molecule has 0 saturated heterocycles. The Morgan fingerprint density at radius 3 is 2.73 bits per heavy atom. The van der Waals surface area contributed by atoms with Gasteiger partial charge in [-0.2, -0.15) is 0 Å². The summed E-state index contributed by atoms with van der Waals surface area (Å²) in [5.41, 5.74) is 1.05. The first-order chi connectivity index (χ1) is 7.08. The molecule has 1 rings (SSSR count). The SMILES string of the molecule is COC(=O)Cc1cc(F)c(C)cc1C=O. The van der Waals surface area contributed by atoms with E-state index in [4.69, 9.17) is 0 Å². The molecule has 0 aliphatic rings. The molecule has 0 aliphatic heterocycles. The van der Waals surface area contributed by atoms with Crippen molar-refractivity contribution in [2.24, 2.45) is 0 Å². The van der Waals surface area contributed by atoms with Crippen LogP contribution in [0.25, 0.3) is 0 Å². The van der Waals surface area contributed by atoms with E-state index in [-0.39, 0.29) is 6.42 Å². The third-order valence-electron chi connectivity index (χ3n) is 2.11. The Morgan fingerprint density at radius 1 is 1.53 bits per heavy atom. The maximum atomic E-state index is 13.2. The Kier molecular flexibility index (Phi) is 3.55. The Labute approximate surface area is 86.9 Å². The molecular formula is C11H11FO3. The van der Waals surface area contributed by atoms with Gasteiger partial charge in [-0.05, 0) is 30.2 Å². The summed E-state index contributed by atoms with van der Waals surface area (Å²) in [6, 6.07) is 2.61. The van der Waals surface area contributed by atoms with Gasteiger partial charge >= 0.3 is 5.97 Å². The molecule has 1 aromatic rings. The van der Waals surface area contributed by atoms with Crippen LogP contribution in [0.4, 0.5) is 4.39 Å². The fraction of sp³-hybridized carbons (Fsp3) is 0.273. The fourth-order valence-corrected chi connectivity index (χ4v) is 1.24. The minimum absolute atomic E-state index is 0.0955. The van der Waals surface area contributed by atoms with Crippen LogP contribution in [0.5, 0.6) is 0 Å². The largest absolute Gasteiger partial charge is 0.469 e. The lowest BCUT2D eigenvalue weighted by Gasteiger charge is -2.05. The molecule has 0 heterocycles. The molecule has 0 N–H and O–H groups in total. The fourth-order valence-electron chi connectivity index (χ4n) is 1.24. The number of halogens is 1. The Balaban J connectivity index is 3.10. The van der Waals surface area contributed by atoms with Gasteiger partial charge in [0, 0.05) is 5.56 Å². The van der Waals surface area contributed by atoms with Crippen molar-refractivity contribution in [2.75, 3.05) is 7.11 Å². The van der Waals surface area contributed by atoms with E-state index in [1.54, 1.807) is 6.92 Å². The van der Waals surface area contributed by atoms with Crippen molar-refractivity contribution in [2.45, 2.75) is 13.3 Å². The molecule has 0 amide bonds. The highest BCUT2D eigenvalue weighted by atomic mass is 19.1. The number of aldehydes is 1. The zero-order valence-electron chi connectivity index (χ0n) is 8.54. The van der Waals surface area contributed by atoms with Crippen molar-refractivity contribution >= 4 is 12.3 Å². The normalized spacial score (nSPS) is 9.80. The second kappa shape index (κ2) is 4.68. The number of hydrogen-bond donors (Lipinski definition) is 0. The average molecular weight is 210 g/mol. The van der Waals surface area contributed by atoms with Crippen LogP contribution in [0.15, 0.2) is 12.1 Å². The maximum absolute atomic E-state index is 13.2. The topological polar surface area (TPSA) is 43.4 Å². The number of benzene rings is 1. The third kappa shape index (κ3) is 2.62. The van der Waals surface area contributed by atoms with E-state index >= 15 is 0 Å². The summed E-state index contributed by atoms with van der Waals surface area (Å²) >= 11 is 0. The number of carbonyl (C=O) groups excluding carboxylic acids is 2. The van der Waals surface area contributed by atoms with Crippen LogP contribution in [-0.2, 0) is 16.0 Å². The zero-order valence-corrected chi connectivity index (χ0v) is 8.54. The number of esters is 1. The molecule has 4 heteroatoms. The number of hydrogen-bond acceptors (Lipinski definition) is 3. The second-order valence-corrected chi connectivity index (χ2v) is 3.17. The summed E-state index contributed by atoms with van der Waals surface area (Å²) in [6.07, 6.45) is 0.506. The van der Waals surface area contributed by atoms with Gasteiger partial charge in [-0.1, -0.05) is 0 Å². The highest BCUT2D eigenvalue weighted by Gasteiger charge is 2.10. The van der Waals surface area contributed by atoms with E-state index in [1.807, 2.05) is 0 Å². The molecule has 0 aliphatic carbocycles. The molecule has 80 valence electrons. The van der Waals surface area contributed by atoms with Crippen LogP contribution in [-0.4, -0.2) is 19.4 Å². The molecule has 0 saturated carbocycles. The van der Waals surface area contributed by atoms with E-state index in [9.17, 15) is 14.0 Å². The molecule has 0 bridgehead atoms. The lowest BCUT2D eigenvalue weighted by atomic mass is 10.0. The molecule has 0 radical (unpaired) electrons. The summed E-state index contributed by atoms with van der Waals surface area (Å²) < 4.78 is 17.6. The van der Waals surface area contributed by atoms with Crippen molar-refractivity contribution in [3.63, 3.8) is 0 Å². The van der Waals surface area contributed by atoms with Gasteiger partial charge in [0.05, 0.1) is 13.5 Å². The summed E-state index contributed by atoms with van der Waals surface area (Å²) in [6.45, 7) is 1.56. The molecule has 3 nitrogen and oxygen atoms in total. The van der Waals surface area contributed by atoms with Gasteiger partial charge in [0.2, 0.25) is 0 Å². The van der Waals surface area contributed by atoms with E-state index < -0.39 is 11.8 Å². The quantitative estimate of drug-likeness (QED) is 0.563. The monoisotopic (exact) mass is 210 g/mol. The molecule has 0 aromatic heterocycles. The molecule has 0 atom stereocenters. The Morgan fingerprint density at radius 2 is 2.20 bits per heavy atom. The minimum Gasteiger partial charge on any atom is -0.469 e. The summed E-state index contributed by atoms with van der Waals surface area (Å²) in [7, 11) is 1.24. The van der Waals surface area contributed by atoms with Gasteiger partial charge in [0.1, 0.15) is 12.1 Å². The van der Waals surface area contributed by atoms with Crippen LogP contribution in [0.3, 0.4) is 0 Å². The Bertz CT molecular complexity index is 399. The molecule has 0 fully saturated rings. The summed E-state index contributed by atoms with van der Waals surface area (Å²) in [4.78, 5) is 21.7. The minimum atomic E-state index is -0.499. The van der Waals surface area contributed by atoms with Crippen LogP contribution >= 0.6 is 0 Å². The van der Waals surface area contributed by atoms with Gasteiger partial charge in [-0.15, -0.1) is 0 Å². The lowest BCUT2D eigenvalue weighted by Crippen LogP contribution is -2.07. The predicted octanol–water partition coefficient (Wildman–Crippen LogP) is 1.66. The van der Waals surface area contributed by atoms with Crippen LogP contribution in [0, 0.1) is 12.7 Å². The third-order valence-corrected chi connectivity index (χ3v) is 2.11. The molecule has 15 heavy (non-hydrogen) atoms. The Hall–Kier alpha value is -1.71. The maximum Gasteiger partial charge on any atom is 0.310 e. The van der Waals surface area contributed by atoms with Gasteiger partial charge in [-0.3, -0.25) is 9.59 Å². The van der Waals surface area contributed by atoms with E-state index in [1.165, 1.54) is 19.2 Å². The van der Waals surface area contributed by atoms with Crippen LogP contribution in [0.2, 0.25) is 0 Å². The van der Waals surface area contributed by atoms with Gasteiger partial charge in [0.15, 0.2) is 0 Å². The van der Waals surface area contributed by atoms with Crippen molar-refractivity contribution < 1.29 is 18.7 Å². The first kappa shape index (κ1) is 11.4. The number of aryl methyl sites for hydroxylation is 1. The zero-order chi connectivity index (χ0) is 11.4. The van der Waals surface area contributed by atoms with Gasteiger partial charge in [0.25, 0.3) is 0 Å². The second-order valence-electron chi connectivity index (χ2n) is 3.17. The van der Waals surface area contributed by atoms with Crippen LogP contribution in [0.1, 0.15) is 21.5 Å². The summed E-state index contributed by atoms with van der Waals surface area (Å²) in [5, 5.41) is 0. The summed E-state index contributed by atoms with van der Waals surface area (Å²) in [5.74, 6) is -0.930. The van der Waals surface area contributed by atoms with E-state index in [0.717, 1.165) is 0 Å². The number of rotatable bonds is 3. The van der Waals surface area contributed by atoms with Crippen molar-refractivity contribution in [1.29, 1.82) is 0 Å². The number of ether oxygens (including phenoxy) is 1. The van der Waals surface area contributed by atoms with Crippen molar-refractivity contribution in [3.8, 4) is 0 Å². The van der Waals surface area contributed by atoms with Crippen LogP contribution < -0.4 is 0 Å². The number of methoxy groups -OCH3 is 1. The molecular weight excluding hydrogens is 199 g/mol. The molecule has 0 spiro atoms. The highest BCUT2D eigenvalue weighted by Crippen LogP contribution is 2.15. The lowest BCUT2D eigenvalue weighted by molar-refractivity contribution is -0.139. The standard InChI is InChI=1S/C11H11FO3/c1-7-3-9(6-13)8(4-10(7)12)5-11(14)15-2/h3-4,6H,5H2,1-2H3. The first-order valence-corrected chi connectivity index (χ1v) is 4.39.